The number of nitrogens with zero attached hydrogens (tertiary/aromatic N) is 2. The van der Waals surface area contributed by atoms with Crippen molar-refractivity contribution in [1.82, 2.24) is 4.31 Å². The molecular weight excluding hydrogens is 388 g/mol. The number of rotatable bonds is 5. The minimum absolute atomic E-state index is 0.00337. The third kappa shape index (κ3) is 4.02. The van der Waals surface area contributed by atoms with Crippen molar-refractivity contribution in [3.63, 3.8) is 0 Å². The van der Waals surface area contributed by atoms with Crippen LogP contribution in [0.2, 0.25) is 0 Å². The molecule has 0 N–H and O–H groups in total. The van der Waals surface area contributed by atoms with Crippen LogP contribution in [0, 0.1) is 0 Å². The second-order valence-corrected chi connectivity index (χ2v) is 9.52. The second-order valence-electron chi connectivity index (χ2n) is 7.58. The number of sulfonamides is 1. The highest BCUT2D eigenvalue weighted by molar-refractivity contribution is 7.89. The van der Waals surface area contributed by atoms with E-state index in [0.29, 0.717) is 31.0 Å². The summed E-state index contributed by atoms with van der Waals surface area (Å²) >= 11 is 0. The summed E-state index contributed by atoms with van der Waals surface area (Å²) in [6, 6.07) is 12.7. The number of hydrogen-bond donors (Lipinski definition) is 0. The van der Waals surface area contributed by atoms with E-state index in [9.17, 15) is 13.2 Å². The standard InChI is InChI=1S/C22H26N2O4S/c1-28-19-7-5-6-17(14-19)15-22(25)24-13-10-18-16-20(8-9-21(18)24)29(26,27)23-11-3-2-4-12-23/h5-9,14,16H,2-4,10-13,15H2,1H3. The first-order chi connectivity index (χ1) is 14.0. The van der Waals surface area contributed by atoms with Crippen molar-refractivity contribution in [3.8, 4) is 5.75 Å². The number of hydrogen-bond acceptors (Lipinski definition) is 4. The Balaban J connectivity index is 1.52. The van der Waals surface area contributed by atoms with Crippen molar-refractivity contribution in [3.05, 3.63) is 53.6 Å². The first-order valence-electron chi connectivity index (χ1n) is 10.1. The van der Waals surface area contributed by atoms with Crippen LogP contribution < -0.4 is 9.64 Å². The summed E-state index contributed by atoms with van der Waals surface area (Å²) in [6.07, 6.45) is 3.86. The van der Waals surface area contributed by atoms with Gasteiger partial charge in [0.2, 0.25) is 15.9 Å². The van der Waals surface area contributed by atoms with E-state index in [2.05, 4.69) is 0 Å². The van der Waals surface area contributed by atoms with Crippen LogP contribution >= 0.6 is 0 Å². The molecular formula is C22H26N2O4S. The minimum atomic E-state index is -3.46. The molecule has 0 aromatic heterocycles. The molecule has 0 saturated carbocycles. The van der Waals surface area contributed by atoms with Gasteiger partial charge in [-0.25, -0.2) is 8.42 Å². The van der Waals surface area contributed by atoms with Crippen LogP contribution in [0.25, 0.3) is 0 Å². The van der Waals surface area contributed by atoms with Crippen LogP contribution in [0.15, 0.2) is 47.4 Å². The van der Waals surface area contributed by atoms with E-state index in [-0.39, 0.29) is 12.3 Å². The lowest BCUT2D eigenvalue weighted by molar-refractivity contribution is -0.117. The van der Waals surface area contributed by atoms with Crippen LogP contribution in [0.1, 0.15) is 30.4 Å². The van der Waals surface area contributed by atoms with E-state index in [0.717, 1.165) is 41.8 Å². The third-order valence-corrected chi connectivity index (χ3v) is 7.58. The average molecular weight is 415 g/mol. The van der Waals surface area contributed by atoms with Gasteiger partial charge < -0.3 is 9.64 Å². The highest BCUT2D eigenvalue weighted by Crippen LogP contribution is 2.32. The second kappa shape index (κ2) is 8.16. The van der Waals surface area contributed by atoms with Gasteiger partial charge in [0, 0.05) is 25.3 Å². The minimum Gasteiger partial charge on any atom is -0.497 e. The number of methoxy groups -OCH3 is 1. The summed E-state index contributed by atoms with van der Waals surface area (Å²) in [5, 5.41) is 0. The number of benzene rings is 2. The lowest BCUT2D eigenvalue weighted by Crippen LogP contribution is -2.35. The van der Waals surface area contributed by atoms with Crippen LogP contribution in [-0.4, -0.2) is 45.4 Å². The molecule has 0 unspecified atom stereocenters. The summed E-state index contributed by atoms with van der Waals surface area (Å²) in [7, 11) is -1.86. The molecule has 6 nitrogen and oxygen atoms in total. The van der Waals surface area contributed by atoms with Crippen molar-refractivity contribution in [2.24, 2.45) is 0 Å². The first kappa shape index (κ1) is 19.9. The maximum absolute atomic E-state index is 12.9. The molecule has 0 radical (unpaired) electrons. The molecule has 4 rings (SSSR count). The maximum Gasteiger partial charge on any atom is 0.243 e. The van der Waals surface area contributed by atoms with E-state index in [1.54, 1.807) is 34.5 Å². The van der Waals surface area contributed by atoms with E-state index in [1.807, 2.05) is 24.3 Å². The summed E-state index contributed by atoms with van der Waals surface area (Å²) in [5.41, 5.74) is 2.63. The molecule has 2 aliphatic heterocycles. The molecule has 29 heavy (non-hydrogen) atoms. The van der Waals surface area contributed by atoms with Gasteiger partial charge in [-0.15, -0.1) is 0 Å². The first-order valence-corrected chi connectivity index (χ1v) is 11.5. The largest absolute Gasteiger partial charge is 0.497 e. The molecule has 154 valence electrons. The van der Waals surface area contributed by atoms with Gasteiger partial charge in [-0.05, 0) is 60.7 Å². The Hall–Kier alpha value is -2.38. The fourth-order valence-corrected chi connectivity index (χ4v) is 5.67. The average Bonchev–Trinajstić information content (AvgIpc) is 3.18. The molecule has 2 aromatic rings. The SMILES string of the molecule is COc1cccc(CC(=O)N2CCc3cc(S(=O)(=O)N4CCCCC4)ccc32)c1. The number of amides is 1. The van der Waals surface area contributed by atoms with Gasteiger partial charge in [-0.1, -0.05) is 18.6 Å². The molecule has 0 aliphatic carbocycles. The Bertz CT molecular complexity index is 1010. The molecule has 7 heteroatoms. The van der Waals surface area contributed by atoms with Crippen molar-refractivity contribution < 1.29 is 17.9 Å². The van der Waals surface area contributed by atoms with Gasteiger partial charge in [0.05, 0.1) is 18.4 Å². The van der Waals surface area contributed by atoms with Crippen LogP contribution in [-0.2, 0) is 27.7 Å². The zero-order valence-corrected chi connectivity index (χ0v) is 17.5. The molecule has 2 aliphatic rings. The molecule has 0 bridgehead atoms. The predicted octanol–water partition coefficient (Wildman–Crippen LogP) is 3.00. The fraction of sp³-hybridized carbons (Fsp3) is 0.409. The van der Waals surface area contributed by atoms with Crippen LogP contribution in [0.5, 0.6) is 5.75 Å². The summed E-state index contributed by atoms with van der Waals surface area (Å²) in [4.78, 5) is 15.0. The normalized spacial score (nSPS) is 17.2. The summed E-state index contributed by atoms with van der Waals surface area (Å²) in [6.45, 7) is 1.75. The number of fused-ring (bicyclic) bond motifs is 1. The molecule has 0 atom stereocenters. The summed E-state index contributed by atoms with van der Waals surface area (Å²) in [5.74, 6) is 0.730. The number of piperidine rings is 1. The Morgan fingerprint density at radius 2 is 1.83 bits per heavy atom. The Morgan fingerprint density at radius 3 is 2.59 bits per heavy atom. The number of anilines is 1. The van der Waals surface area contributed by atoms with E-state index in [4.69, 9.17) is 4.74 Å². The van der Waals surface area contributed by atoms with Crippen molar-refractivity contribution in [2.75, 3.05) is 31.6 Å². The number of ether oxygens (including phenoxy) is 1. The number of carbonyl (C=O) groups excluding carboxylic acids is 1. The molecule has 2 aromatic carbocycles. The van der Waals surface area contributed by atoms with Crippen molar-refractivity contribution >= 4 is 21.6 Å². The predicted molar refractivity (Wildman–Crippen MR) is 112 cm³/mol. The Morgan fingerprint density at radius 1 is 1.03 bits per heavy atom. The van der Waals surface area contributed by atoms with Gasteiger partial charge >= 0.3 is 0 Å². The Labute approximate surface area is 172 Å². The lowest BCUT2D eigenvalue weighted by Gasteiger charge is -2.26. The Kier molecular flexibility index (Phi) is 5.61. The maximum atomic E-state index is 12.9. The van der Waals surface area contributed by atoms with Gasteiger partial charge in [0.1, 0.15) is 5.75 Å². The van der Waals surface area contributed by atoms with Crippen LogP contribution in [0.3, 0.4) is 0 Å². The third-order valence-electron chi connectivity index (χ3n) is 5.69. The molecule has 2 heterocycles. The molecule has 1 saturated heterocycles. The molecule has 0 spiro atoms. The van der Waals surface area contributed by atoms with E-state index >= 15 is 0 Å². The van der Waals surface area contributed by atoms with Crippen molar-refractivity contribution in [2.45, 2.75) is 37.0 Å². The smallest absolute Gasteiger partial charge is 0.243 e. The fourth-order valence-electron chi connectivity index (χ4n) is 4.10. The van der Waals surface area contributed by atoms with Gasteiger partial charge in [0.15, 0.2) is 0 Å². The quantitative estimate of drug-likeness (QED) is 0.754. The van der Waals surface area contributed by atoms with Crippen molar-refractivity contribution in [1.29, 1.82) is 0 Å². The van der Waals surface area contributed by atoms with Crippen LogP contribution in [0.4, 0.5) is 5.69 Å². The lowest BCUT2D eigenvalue weighted by atomic mass is 10.1. The molecule has 1 fully saturated rings. The topological polar surface area (TPSA) is 66.9 Å². The highest BCUT2D eigenvalue weighted by atomic mass is 32.2. The van der Waals surface area contributed by atoms with Gasteiger partial charge in [-0.2, -0.15) is 4.31 Å². The highest BCUT2D eigenvalue weighted by Gasteiger charge is 2.30. The van der Waals surface area contributed by atoms with Gasteiger partial charge in [-0.3, -0.25) is 4.79 Å². The zero-order valence-electron chi connectivity index (χ0n) is 16.6. The zero-order chi connectivity index (χ0) is 20.4. The summed E-state index contributed by atoms with van der Waals surface area (Å²) < 4.78 is 32.7. The van der Waals surface area contributed by atoms with E-state index < -0.39 is 10.0 Å². The monoisotopic (exact) mass is 414 g/mol. The number of carbonyl (C=O) groups is 1. The van der Waals surface area contributed by atoms with Gasteiger partial charge in [0.25, 0.3) is 0 Å². The van der Waals surface area contributed by atoms with E-state index in [1.165, 1.54) is 0 Å². The molecule has 1 amide bonds.